The molecule has 7 heteroatoms. The van der Waals surface area contributed by atoms with Gasteiger partial charge >= 0.3 is 0 Å². The van der Waals surface area contributed by atoms with Crippen LogP contribution in [0.15, 0.2) is 58.6 Å². The Labute approximate surface area is 141 Å². The van der Waals surface area contributed by atoms with Gasteiger partial charge in [-0.05, 0) is 42.7 Å². The Kier molecular flexibility index (Phi) is 4.40. The fourth-order valence-electron chi connectivity index (χ4n) is 2.25. The van der Waals surface area contributed by atoms with Crippen molar-refractivity contribution in [1.82, 2.24) is 14.5 Å². The van der Waals surface area contributed by atoms with Crippen LogP contribution in [0.5, 0.6) is 0 Å². The van der Waals surface area contributed by atoms with Crippen LogP contribution in [-0.4, -0.2) is 20.8 Å². The number of rotatable bonds is 3. The third-order valence-electron chi connectivity index (χ3n) is 3.36. The minimum Gasteiger partial charge on any atom is -0.282 e. The summed E-state index contributed by atoms with van der Waals surface area (Å²) in [6, 6.07) is 8.94. The molecule has 0 spiro atoms. The summed E-state index contributed by atoms with van der Waals surface area (Å²) in [5, 5.41) is 0.361. The van der Waals surface area contributed by atoms with Gasteiger partial charge in [0.15, 0.2) is 0 Å². The van der Waals surface area contributed by atoms with Gasteiger partial charge in [0, 0.05) is 23.6 Å². The maximum absolute atomic E-state index is 13.2. The maximum atomic E-state index is 13.2. The molecule has 0 bridgehead atoms. The molecule has 0 radical (unpaired) electrons. The maximum Gasteiger partial charge on any atom is 0.282 e. The Hall–Kier alpha value is -2.98. The van der Waals surface area contributed by atoms with Crippen LogP contribution in [0.1, 0.15) is 0 Å². The van der Waals surface area contributed by atoms with Gasteiger partial charge in [0.05, 0.1) is 6.57 Å². The summed E-state index contributed by atoms with van der Waals surface area (Å²) in [6.07, 6.45) is 4.95. The Balaban J connectivity index is 2.39. The topological polar surface area (TPSA) is 52.1 Å². The van der Waals surface area contributed by atoms with Gasteiger partial charge in [0.25, 0.3) is 11.2 Å². The van der Waals surface area contributed by atoms with Crippen LogP contribution >= 0.6 is 11.8 Å². The lowest BCUT2D eigenvalue weighted by molar-refractivity contribution is 0.627. The van der Waals surface area contributed by atoms with E-state index in [4.69, 9.17) is 6.57 Å². The lowest BCUT2D eigenvalue weighted by atomic mass is 10.2. The first-order valence-electron chi connectivity index (χ1n) is 6.90. The molecule has 3 rings (SSSR count). The second-order valence-electron chi connectivity index (χ2n) is 4.76. The first-order valence-corrected chi connectivity index (χ1v) is 8.13. The van der Waals surface area contributed by atoms with E-state index in [0.29, 0.717) is 22.1 Å². The second kappa shape index (κ2) is 6.64. The minimum atomic E-state index is -0.484. The van der Waals surface area contributed by atoms with Gasteiger partial charge in [-0.25, -0.2) is 14.2 Å². The molecule has 118 valence electrons. The van der Waals surface area contributed by atoms with Crippen molar-refractivity contribution in [2.45, 2.75) is 5.03 Å². The van der Waals surface area contributed by atoms with E-state index >= 15 is 0 Å². The normalized spacial score (nSPS) is 10.4. The van der Waals surface area contributed by atoms with E-state index in [1.807, 2.05) is 0 Å². The standard InChI is InChI=1S/C17H11FN4OS/c1-19-14-16(24-2)21-15(11-7-9-20-10-8-11)22(17(14)23)13-5-3-12(18)4-6-13/h3-10H,2H3. The van der Waals surface area contributed by atoms with Gasteiger partial charge < -0.3 is 0 Å². The monoisotopic (exact) mass is 338 g/mol. The summed E-state index contributed by atoms with van der Waals surface area (Å²) < 4.78 is 14.5. The molecule has 3 aromatic rings. The van der Waals surface area contributed by atoms with Crippen LogP contribution in [-0.2, 0) is 0 Å². The minimum absolute atomic E-state index is 0.0513. The summed E-state index contributed by atoms with van der Waals surface area (Å²) >= 11 is 1.24. The summed E-state index contributed by atoms with van der Waals surface area (Å²) in [5.41, 5.74) is 0.587. The molecule has 0 aliphatic rings. The fourth-order valence-corrected chi connectivity index (χ4v) is 2.76. The van der Waals surface area contributed by atoms with Crippen LogP contribution < -0.4 is 5.56 Å². The number of thioether (sulfide) groups is 1. The molecule has 0 N–H and O–H groups in total. The van der Waals surface area contributed by atoms with E-state index in [9.17, 15) is 9.18 Å². The number of benzene rings is 1. The first-order chi connectivity index (χ1) is 11.7. The number of halogens is 1. The summed E-state index contributed by atoms with van der Waals surface area (Å²) in [4.78, 5) is 24.6. The molecule has 5 nitrogen and oxygen atoms in total. The quantitative estimate of drug-likeness (QED) is 0.415. The number of nitrogens with zero attached hydrogens (tertiary/aromatic N) is 4. The van der Waals surface area contributed by atoms with E-state index in [2.05, 4.69) is 14.8 Å². The number of pyridine rings is 1. The first kappa shape index (κ1) is 15.9. The lowest BCUT2D eigenvalue weighted by Gasteiger charge is -2.14. The average molecular weight is 338 g/mol. The highest BCUT2D eigenvalue weighted by atomic mass is 32.2. The number of aromatic nitrogens is 3. The van der Waals surface area contributed by atoms with Crippen LogP contribution in [0.25, 0.3) is 21.9 Å². The van der Waals surface area contributed by atoms with Crippen molar-refractivity contribution in [3.05, 3.63) is 76.4 Å². The largest absolute Gasteiger partial charge is 0.282 e. The van der Waals surface area contributed by atoms with Crippen molar-refractivity contribution >= 4 is 17.4 Å². The molecular weight excluding hydrogens is 327 g/mol. The van der Waals surface area contributed by atoms with Crippen molar-refractivity contribution in [2.24, 2.45) is 0 Å². The van der Waals surface area contributed by atoms with Crippen LogP contribution in [0, 0.1) is 12.4 Å². The molecule has 0 atom stereocenters. The zero-order chi connectivity index (χ0) is 17.1. The van der Waals surface area contributed by atoms with Crippen molar-refractivity contribution in [1.29, 1.82) is 0 Å². The van der Waals surface area contributed by atoms with Crippen molar-refractivity contribution in [3.63, 3.8) is 0 Å². The highest BCUT2D eigenvalue weighted by Gasteiger charge is 2.18. The predicted octanol–water partition coefficient (Wildman–Crippen LogP) is 3.71. The molecule has 0 unspecified atom stereocenters. The predicted molar refractivity (Wildman–Crippen MR) is 91.1 cm³/mol. The third-order valence-corrected chi connectivity index (χ3v) is 4.03. The fraction of sp³-hybridized carbons (Fsp3) is 0.0588. The second-order valence-corrected chi connectivity index (χ2v) is 5.55. The Morgan fingerprint density at radius 1 is 1.17 bits per heavy atom. The van der Waals surface area contributed by atoms with Crippen LogP contribution in [0.3, 0.4) is 0 Å². The van der Waals surface area contributed by atoms with Gasteiger partial charge in [-0.15, -0.1) is 11.8 Å². The molecule has 0 saturated carbocycles. The Morgan fingerprint density at radius 3 is 2.42 bits per heavy atom. The van der Waals surface area contributed by atoms with Crippen molar-refractivity contribution in [3.8, 4) is 17.1 Å². The molecule has 0 fully saturated rings. The summed E-state index contributed by atoms with van der Waals surface area (Å²) in [6.45, 7) is 7.29. The van der Waals surface area contributed by atoms with E-state index < -0.39 is 11.4 Å². The molecule has 0 saturated heterocycles. The molecule has 2 heterocycles. The Morgan fingerprint density at radius 2 is 1.83 bits per heavy atom. The molecule has 0 aliphatic carbocycles. The SMILES string of the molecule is [C-]#[N+]c1c(SC)nc(-c2ccncc2)n(-c2ccc(F)cc2)c1=O. The van der Waals surface area contributed by atoms with Gasteiger partial charge in [-0.1, -0.05) is 0 Å². The third kappa shape index (κ3) is 2.79. The van der Waals surface area contributed by atoms with Gasteiger partial charge in [-0.2, -0.15) is 0 Å². The van der Waals surface area contributed by atoms with Crippen molar-refractivity contribution in [2.75, 3.05) is 6.26 Å². The van der Waals surface area contributed by atoms with Crippen molar-refractivity contribution < 1.29 is 4.39 Å². The Bertz CT molecular complexity index is 978. The highest BCUT2D eigenvalue weighted by Crippen LogP contribution is 2.28. The van der Waals surface area contributed by atoms with Gasteiger partial charge in [-0.3, -0.25) is 14.3 Å². The van der Waals surface area contributed by atoms with Crippen LogP contribution in [0.4, 0.5) is 10.1 Å². The van der Waals surface area contributed by atoms with Gasteiger partial charge in [0.1, 0.15) is 16.7 Å². The molecule has 24 heavy (non-hydrogen) atoms. The average Bonchev–Trinajstić information content (AvgIpc) is 2.62. The number of hydrogen-bond acceptors (Lipinski definition) is 4. The van der Waals surface area contributed by atoms with Crippen LogP contribution in [0.2, 0.25) is 0 Å². The highest BCUT2D eigenvalue weighted by molar-refractivity contribution is 7.98. The van der Waals surface area contributed by atoms with E-state index in [-0.39, 0.29) is 5.69 Å². The molecule has 2 aromatic heterocycles. The lowest BCUT2D eigenvalue weighted by Crippen LogP contribution is -2.22. The molecule has 0 amide bonds. The van der Waals surface area contributed by atoms with E-state index in [0.717, 1.165) is 0 Å². The molecule has 0 aliphatic heterocycles. The zero-order valence-corrected chi connectivity index (χ0v) is 13.4. The summed E-state index contributed by atoms with van der Waals surface area (Å²) in [7, 11) is 0. The number of hydrogen-bond donors (Lipinski definition) is 0. The zero-order valence-electron chi connectivity index (χ0n) is 12.6. The molecular formula is C17H11FN4OS. The van der Waals surface area contributed by atoms with E-state index in [1.54, 1.807) is 30.8 Å². The molecule has 1 aromatic carbocycles. The summed E-state index contributed by atoms with van der Waals surface area (Å²) in [5.74, 6) is -0.0258. The van der Waals surface area contributed by atoms with Gasteiger partial charge in [0.2, 0.25) is 0 Å². The van der Waals surface area contributed by atoms with E-state index in [1.165, 1.54) is 40.6 Å². The smallest absolute Gasteiger partial charge is 0.282 e.